The maximum Gasteiger partial charge on any atom is 0.0386 e. The fourth-order valence-electron chi connectivity index (χ4n) is 3.11. The van der Waals surface area contributed by atoms with Crippen LogP contribution in [-0.2, 0) is 0 Å². The molecule has 0 bridgehead atoms. The highest BCUT2D eigenvalue weighted by atomic mass is 14.9. The minimum atomic E-state index is 0.551. The molecule has 2 aliphatic heterocycles. The van der Waals surface area contributed by atoms with Crippen LogP contribution in [0.4, 0.5) is 0 Å². The number of aliphatic imine (C=N–C) groups is 1. The molecule has 3 rings (SSSR count). The number of benzene rings is 1. The predicted molar refractivity (Wildman–Crippen MR) is 76.6 cm³/mol. The first-order valence-electron chi connectivity index (χ1n) is 7.24. The molecule has 18 heavy (non-hydrogen) atoms. The monoisotopic (exact) mass is 242 g/mol. The Bertz CT molecular complexity index is 419. The van der Waals surface area contributed by atoms with Gasteiger partial charge in [0.1, 0.15) is 0 Å². The van der Waals surface area contributed by atoms with Crippen molar-refractivity contribution in [3.63, 3.8) is 0 Å². The molecule has 0 amide bonds. The molecule has 1 aromatic rings. The van der Waals surface area contributed by atoms with Gasteiger partial charge in [-0.2, -0.15) is 0 Å². The Morgan fingerprint density at radius 2 is 2.06 bits per heavy atom. The molecule has 1 fully saturated rings. The minimum absolute atomic E-state index is 0.551. The van der Waals surface area contributed by atoms with Crippen LogP contribution in [0.5, 0.6) is 0 Å². The summed E-state index contributed by atoms with van der Waals surface area (Å²) in [6.45, 7) is 3.34. The van der Waals surface area contributed by atoms with E-state index in [1.54, 1.807) is 0 Å². The van der Waals surface area contributed by atoms with E-state index in [0.29, 0.717) is 11.8 Å². The molecule has 1 aromatic carbocycles. The Hall–Kier alpha value is -1.15. The van der Waals surface area contributed by atoms with E-state index in [0.717, 1.165) is 13.1 Å². The summed E-state index contributed by atoms with van der Waals surface area (Å²) in [5.74, 6) is 1.26. The molecule has 2 aliphatic rings. The molecule has 2 atom stereocenters. The molecular formula is C16H22N2. The van der Waals surface area contributed by atoms with Crippen molar-refractivity contribution in [2.24, 2.45) is 4.99 Å². The van der Waals surface area contributed by atoms with Crippen molar-refractivity contribution in [2.45, 2.75) is 37.5 Å². The van der Waals surface area contributed by atoms with Gasteiger partial charge in [-0.05, 0) is 49.3 Å². The largest absolute Gasteiger partial charge is 0.316 e. The lowest BCUT2D eigenvalue weighted by atomic mass is 9.87. The third kappa shape index (κ3) is 2.64. The van der Waals surface area contributed by atoms with Gasteiger partial charge in [-0.25, -0.2) is 0 Å². The van der Waals surface area contributed by atoms with E-state index in [1.807, 2.05) is 0 Å². The van der Waals surface area contributed by atoms with Gasteiger partial charge in [0.25, 0.3) is 0 Å². The van der Waals surface area contributed by atoms with Crippen molar-refractivity contribution in [2.75, 3.05) is 19.6 Å². The molecule has 0 radical (unpaired) electrons. The smallest absolute Gasteiger partial charge is 0.0386 e. The number of hydrogen-bond acceptors (Lipinski definition) is 2. The van der Waals surface area contributed by atoms with E-state index >= 15 is 0 Å². The van der Waals surface area contributed by atoms with Crippen LogP contribution in [0.1, 0.15) is 48.6 Å². The highest BCUT2D eigenvalue weighted by Gasteiger charge is 2.17. The summed E-state index contributed by atoms with van der Waals surface area (Å²) in [5.41, 5.74) is 2.97. The van der Waals surface area contributed by atoms with Gasteiger partial charge in [-0.3, -0.25) is 4.99 Å². The van der Waals surface area contributed by atoms with E-state index < -0.39 is 0 Å². The van der Waals surface area contributed by atoms with Crippen LogP contribution in [0.25, 0.3) is 0 Å². The average molecular weight is 242 g/mol. The van der Waals surface area contributed by atoms with Crippen LogP contribution in [-0.4, -0.2) is 25.8 Å². The predicted octanol–water partition coefficient (Wildman–Crippen LogP) is 3.10. The first kappa shape index (κ1) is 11.9. The van der Waals surface area contributed by atoms with Crippen molar-refractivity contribution in [1.82, 2.24) is 5.32 Å². The second-order valence-electron chi connectivity index (χ2n) is 5.52. The van der Waals surface area contributed by atoms with E-state index in [2.05, 4.69) is 40.8 Å². The zero-order chi connectivity index (χ0) is 12.2. The zero-order valence-electron chi connectivity index (χ0n) is 10.9. The van der Waals surface area contributed by atoms with Crippen molar-refractivity contribution >= 4 is 6.21 Å². The van der Waals surface area contributed by atoms with Crippen molar-refractivity contribution < 1.29 is 0 Å². The maximum atomic E-state index is 4.44. The minimum Gasteiger partial charge on any atom is -0.316 e. The Balaban J connectivity index is 1.79. The molecule has 2 heteroatoms. The van der Waals surface area contributed by atoms with Crippen molar-refractivity contribution in [1.29, 1.82) is 0 Å². The SMILES string of the molecule is C1=NCCCC1c1cccc(C2CCCNC2)c1. The maximum absolute atomic E-state index is 4.44. The molecule has 1 saturated heterocycles. The van der Waals surface area contributed by atoms with E-state index in [4.69, 9.17) is 0 Å². The van der Waals surface area contributed by atoms with Crippen molar-refractivity contribution in [3.05, 3.63) is 35.4 Å². The van der Waals surface area contributed by atoms with Gasteiger partial charge in [0.2, 0.25) is 0 Å². The summed E-state index contributed by atoms with van der Waals surface area (Å²) in [7, 11) is 0. The van der Waals surface area contributed by atoms with Crippen LogP contribution in [0.3, 0.4) is 0 Å². The Morgan fingerprint density at radius 1 is 1.11 bits per heavy atom. The Kier molecular flexibility index (Phi) is 3.75. The lowest BCUT2D eigenvalue weighted by Gasteiger charge is -2.24. The van der Waals surface area contributed by atoms with Gasteiger partial charge in [0, 0.05) is 25.2 Å². The van der Waals surface area contributed by atoms with E-state index in [9.17, 15) is 0 Å². The van der Waals surface area contributed by atoms with Gasteiger partial charge in [-0.15, -0.1) is 0 Å². The second kappa shape index (κ2) is 5.66. The molecule has 2 heterocycles. The van der Waals surface area contributed by atoms with Crippen LogP contribution in [0, 0.1) is 0 Å². The standard InChI is InChI=1S/C16H22N2/c1-4-13(15-6-2-8-17-11-15)10-14(5-1)16-7-3-9-18-12-16/h1,4-5,10-11,15-16,18H,2-3,6-9,12H2. The van der Waals surface area contributed by atoms with Gasteiger partial charge in [0.05, 0.1) is 0 Å². The van der Waals surface area contributed by atoms with Crippen LogP contribution >= 0.6 is 0 Å². The first-order valence-corrected chi connectivity index (χ1v) is 7.24. The third-order valence-corrected chi connectivity index (χ3v) is 4.19. The number of hydrogen-bond donors (Lipinski definition) is 1. The highest BCUT2D eigenvalue weighted by Crippen LogP contribution is 2.28. The van der Waals surface area contributed by atoms with Gasteiger partial charge < -0.3 is 5.32 Å². The Labute approximate surface area is 110 Å². The lowest BCUT2D eigenvalue weighted by molar-refractivity contribution is 0.461. The summed E-state index contributed by atoms with van der Waals surface area (Å²) in [5, 5.41) is 3.51. The quantitative estimate of drug-likeness (QED) is 0.846. The zero-order valence-corrected chi connectivity index (χ0v) is 10.9. The molecule has 0 saturated carbocycles. The molecule has 0 aliphatic carbocycles. The number of nitrogens with one attached hydrogen (secondary N) is 1. The molecule has 96 valence electrons. The summed E-state index contributed by atoms with van der Waals surface area (Å²) < 4.78 is 0. The van der Waals surface area contributed by atoms with E-state index in [1.165, 1.54) is 43.4 Å². The molecule has 0 spiro atoms. The summed E-state index contributed by atoms with van der Waals surface area (Å²) in [4.78, 5) is 4.44. The topological polar surface area (TPSA) is 24.4 Å². The summed E-state index contributed by atoms with van der Waals surface area (Å²) in [6, 6.07) is 9.20. The lowest BCUT2D eigenvalue weighted by Crippen LogP contribution is -2.28. The van der Waals surface area contributed by atoms with Crippen molar-refractivity contribution in [3.8, 4) is 0 Å². The molecule has 0 aromatic heterocycles. The average Bonchev–Trinajstić information content (AvgIpc) is 2.49. The fraction of sp³-hybridized carbons (Fsp3) is 0.562. The summed E-state index contributed by atoms with van der Waals surface area (Å²) in [6.07, 6.45) is 7.28. The molecule has 2 nitrogen and oxygen atoms in total. The molecule has 1 N–H and O–H groups in total. The van der Waals surface area contributed by atoms with Gasteiger partial charge >= 0.3 is 0 Å². The number of nitrogens with zero attached hydrogens (tertiary/aromatic N) is 1. The third-order valence-electron chi connectivity index (χ3n) is 4.19. The normalized spacial score (nSPS) is 28.2. The number of rotatable bonds is 2. The summed E-state index contributed by atoms with van der Waals surface area (Å²) >= 11 is 0. The second-order valence-corrected chi connectivity index (χ2v) is 5.52. The molecular weight excluding hydrogens is 220 g/mol. The first-order chi connectivity index (χ1) is 8.93. The Morgan fingerprint density at radius 3 is 2.83 bits per heavy atom. The fourth-order valence-corrected chi connectivity index (χ4v) is 3.11. The van der Waals surface area contributed by atoms with E-state index in [-0.39, 0.29) is 0 Å². The number of piperidine rings is 1. The van der Waals surface area contributed by atoms with Gasteiger partial charge in [-0.1, -0.05) is 24.3 Å². The molecule has 2 unspecified atom stereocenters. The van der Waals surface area contributed by atoms with Crippen LogP contribution in [0.2, 0.25) is 0 Å². The van der Waals surface area contributed by atoms with Crippen LogP contribution < -0.4 is 5.32 Å². The van der Waals surface area contributed by atoms with Crippen LogP contribution in [0.15, 0.2) is 29.3 Å². The van der Waals surface area contributed by atoms with Gasteiger partial charge in [0.15, 0.2) is 0 Å². The highest BCUT2D eigenvalue weighted by molar-refractivity contribution is 5.68.